The molecule has 0 saturated heterocycles. The van der Waals surface area contributed by atoms with E-state index in [1.54, 1.807) is 6.92 Å². The molecular weight excluding hydrogens is 426 g/mol. The molecule has 0 aromatic rings. The van der Waals surface area contributed by atoms with Crippen LogP contribution in [0.1, 0.15) is 145 Å². The van der Waals surface area contributed by atoms with Gasteiger partial charge in [0, 0.05) is 12.0 Å². The first-order valence-electron chi connectivity index (χ1n) is 15.0. The zero-order valence-electron chi connectivity index (χ0n) is 26.1. The van der Waals surface area contributed by atoms with Crippen molar-refractivity contribution in [2.24, 2.45) is 0 Å². The Labute approximate surface area is 223 Å². The Kier molecular flexibility index (Phi) is 38.3. The Balaban J connectivity index is -0.000000199. The monoisotopic (exact) mass is 495 g/mol. The Morgan fingerprint density at radius 2 is 1.20 bits per heavy atom. The zero-order chi connectivity index (χ0) is 28.0. The molecule has 0 aliphatic carbocycles. The summed E-state index contributed by atoms with van der Waals surface area (Å²) < 4.78 is 0.932. The normalized spacial score (nSPS) is 13.0. The number of hydrogen-bond acceptors (Lipinski definition) is 2. The van der Waals surface area contributed by atoms with Crippen LogP contribution in [0.3, 0.4) is 0 Å². The molecule has 0 amide bonds. The molecule has 35 heavy (non-hydrogen) atoms. The van der Waals surface area contributed by atoms with Crippen LogP contribution < -0.4 is 0 Å². The predicted molar refractivity (Wildman–Crippen MR) is 166 cm³/mol. The standard InChI is InChI=1S/C11H22.C10H18N3.C7H16.2C2H6/c1-3-5-7-9-11-10-8-6-4-2;1-8(11)10(12)9-5-4-6-13(2,3)7-9;1-3-5-7-6-4-2;2*1-2/h3H,1,4-11H2,2H3;5,11-12H,4,6-7H2,1-3H3;3-7H2,1-2H3;2*1-2H3/q;+1;;;. The van der Waals surface area contributed by atoms with Crippen LogP contribution in [0, 0.1) is 10.8 Å². The van der Waals surface area contributed by atoms with Gasteiger partial charge in [-0.25, -0.2) is 0 Å². The van der Waals surface area contributed by atoms with Gasteiger partial charge in [0.1, 0.15) is 6.54 Å². The van der Waals surface area contributed by atoms with Crippen LogP contribution in [0.5, 0.6) is 0 Å². The average molecular weight is 495 g/mol. The van der Waals surface area contributed by atoms with Crippen molar-refractivity contribution in [1.29, 1.82) is 10.8 Å². The summed E-state index contributed by atoms with van der Waals surface area (Å²) in [5, 5.41) is 15.1. The van der Waals surface area contributed by atoms with Gasteiger partial charge < -0.3 is 9.89 Å². The number of likely N-dealkylation sites (N-methyl/N-ethyl adjacent to an activating group) is 1. The molecule has 0 spiro atoms. The Bertz CT molecular complexity index is 485. The molecular formula is C32H68N3+. The third-order valence-electron chi connectivity index (χ3n) is 5.64. The summed E-state index contributed by atoms with van der Waals surface area (Å²) in [4.78, 5) is 0. The molecule has 0 aromatic carbocycles. The van der Waals surface area contributed by atoms with Gasteiger partial charge in [-0.15, -0.1) is 6.58 Å². The molecule has 0 bridgehead atoms. The van der Waals surface area contributed by atoms with Crippen molar-refractivity contribution in [1.82, 2.24) is 0 Å². The van der Waals surface area contributed by atoms with Crippen molar-refractivity contribution in [3.63, 3.8) is 0 Å². The number of allylic oxidation sites excluding steroid dienone is 1. The largest absolute Gasteiger partial charge is 0.324 e. The molecule has 2 N–H and O–H groups in total. The molecule has 0 aromatic heterocycles. The average Bonchev–Trinajstić information content (AvgIpc) is 2.86. The lowest BCUT2D eigenvalue weighted by atomic mass is 10.0. The number of nitrogens with zero attached hydrogens (tertiary/aromatic N) is 1. The van der Waals surface area contributed by atoms with Crippen molar-refractivity contribution in [2.45, 2.75) is 145 Å². The van der Waals surface area contributed by atoms with Crippen LogP contribution in [0.2, 0.25) is 0 Å². The Morgan fingerprint density at radius 1 is 0.800 bits per heavy atom. The highest BCUT2D eigenvalue weighted by Crippen LogP contribution is 2.15. The van der Waals surface area contributed by atoms with Crippen LogP contribution in [0.25, 0.3) is 0 Å². The highest BCUT2D eigenvalue weighted by molar-refractivity contribution is 6.45. The van der Waals surface area contributed by atoms with E-state index in [0.717, 1.165) is 29.6 Å². The summed E-state index contributed by atoms with van der Waals surface area (Å²) in [5.74, 6) is 0. The summed E-state index contributed by atoms with van der Waals surface area (Å²) in [6.07, 6.45) is 23.2. The lowest BCUT2D eigenvalue weighted by Gasteiger charge is -2.33. The lowest BCUT2D eigenvalue weighted by Crippen LogP contribution is -2.45. The van der Waals surface area contributed by atoms with Gasteiger partial charge >= 0.3 is 0 Å². The molecule has 3 nitrogen and oxygen atoms in total. The first-order valence-corrected chi connectivity index (χ1v) is 15.0. The summed E-state index contributed by atoms with van der Waals surface area (Å²) in [7, 11) is 4.33. The number of hydrogen-bond donors (Lipinski definition) is 2. The number of quaternary nitrogens is 1. The second kappa shape index (κ2) is 32.8. The smallest absolute Gasteiger partial charge is 0.106 e. The topological polar surface area (TPSA) is 47.7 Å². The third kappa shape index (κ3) is 32.8. The minimum atomic E-state index is 0.369. The number of rotatable bonds is 14. The fourth-order valence-electron chi connectivity index (χ4n) is 3.54. The summed E-state index contributed by atoms with van der Waals surface area (Å²) in [5.41, 5.74) is 1.81. The van der Waals surface area contributed by atoms with Crippen LogP contribution in [-0.2, 0) is 0 Å². The van der Waals surface area contributed by atoms with E-state index in [0.29, 0.717) is 11.4 Å². The van der Waals surface area contributed by atoms with E-state index < -0.39 is 0 Å². The maximum atomic E-state index is 7.71. The van der Waals surface area contributed by atoms with E-state index in [1.807, 2.05) is 33.8 Å². The minimum absolute atomic E-state index is 0.369. The fourth-order valence-corrected chi connectivity index (χ4v) is 3.54. The van der Waals surface area contributed by atoms with Crippen molar-refractivity contribution >= 4 is 11.4 Å². The molecule has 1 rings (SSSR count). The van der Waals surface area contributed by atoms with Gasteiger partial charge in [-0.1, -0.05) is 131 Å². The molecule has 1 heterocycles. The molecule has 0 saturated carbocycles. The molecule has 210 valence electrons. The van der Waals surface area contributed by atoms with E-state index in [1.165, 1.54) is 83.5 Å². The minimum Gasteiger partial charge on any atom is -0.324 e. The van der Waals surface area contributed by atoms with E-state index in [2.05, 4.69) is 47.5 Å². The maximum Gasteiger partial charge on any atom is 0.106 e. The molecule has 0 unspecified atom stereocenters. The second-order valence-electron chi connectivity index (χ2n) is 9.59. The van der Waals surface area contributed by atoms with Crippen LogP contribution >= 0.6 is 0 Å². The molecule has 3 heteroatoms. The lowest BCUT2D eigenvalue weighted by molar-refractivity contribution is -0.886. The van der Waals surface area contributed by atoms with E-state index in [9.17, 15) is 0 Å². The van der Waals surface area contributed by atoms with E-state index in [4.69, 9.17) is 10.8 Å². The second-order valence-corrected chi connectivity index (χ2v) is 9.59. The van der Waals surface area contributed by atoms with Crippen molar-refractivity contribution < 1.29 is 4.48 Å². The summed E-state index contributed by atoms with van der Waals surface area (Å²) in [6, 6.07) is 0. The van der Waals surface area contributed by atoms with Crippen LogP contribution in [0.4, 0.5) is 0 Å². The first-order chi connectivity index (χ1) is 16.8. The summed E-state index contributed by atoms with van der Waals surface area (Å²) in [6.45, 7) is 22.2. The molecule has 0 atom stereocenters. The van der Waals surface area contributed by atoms with Crippen LogP contribution in [-0.4, -0.2) is 43.1 Å². The van der Waals surface area contributed by atoms with Gasteiger partial charge in [0.2, 0.25) is 0 Å². The predicted octanol–water partition coefficient (Wildman–Crippen LogP) is 10.8. The van der Waals surface area contributed by atoms with Crippen molar-refractivity contribution in [3.8, 4) is 0 Å². The number of nitrogens with one attached hydrogen (secondary N) is 2. The van der Waals surface area contributed by atoms with Gasteiger partial charge in [-0.3, -0.25) is 5.41 Å². The Hall–Kier alpha value is -1.22. The SMILES string of the molecule is C=CCCCCCCCCC.CC.CC.CC(=N)C(=N)C1=CCC[N+](C)(C)C1.CCCCCCC. The number of unbranched alkanes of at least 4 members (excludes halogenated alkanes) is 11. The zero-order valence-corrected chi connectivity index (χ0v) is 26.1. The first kappa shape index (κ1) is 40.9. The van der Waals surface area contributed by atoms with Gasteiger partial charge in [-0.2, -0.15) is 0 Å². The maximum absolute atomic E-state index is 7.71. The molecule has 1 aliphatic heterocycles. The van der Waals surface area contributed by atoms with Gasteiger partial charge in [0.05, 0.1) is 32.1 Å². The van der Waals surface area contributed by atoms with Gasteiger partial charge in [0.25, 0.3) is 0 Å². The molecule has 1 aliphatic rings. The highest BCUT2D eigenvalue weighted by atomic mass is 15.3. The van der Waals surface area contributed by atoms with Crippen molar-refractivity contribution in [2.75, 3.05) is 27.2 Å². The van der Waals surface area contributed by atoms with E-state index in [-0.39, 0.29) is 0 Å². The quantitative estimate of drug-likeness (QED) is 0.104. The highest BCUT2D eigenvalue weighted by Gasteiger charge is 2.23. The van der Waals surface area contributed by atoms with Crippen molar-refractivity contribution in [3.05, 3.63) is 24.3 Å². The summed E-state index contributed by atoms with van der Waals surface area (Å²) >= 11 is 0. The molecule has 0 radical (unpaired) electrons. The van der Waals surface area contributed by atoms with Gasteiger partial charge in [-0.05, 0) is 19.8 Å². The van der Waals surface area contributed by atoms with Crippen LogP contribution in [0.15, 0.2) is 24.3 Å². The van der Waals surface area contributed by atoms with Gasteiger partial charge in [0.15, 0.2) is 0 Å². The Morgan fingerprint density at radius 3 is 1.57 bits per heavy atom. The fraction of sp³-hybridized carbons (Fsp3) is 0.812. The third-order valence-corrected chi connectivity index (χ3v) is 5.64. The van der Waals surface area contributed by atoms with E-state index >= 15 is 0 Å². The molecule has 0 fully saturated rings.